The van der Waals surface area contributed by atoms with Gasteiger partial charge >= 0.3 is 0 Å². The van der Waals surface area contributed by atoms with Crippen LogP contribution in [0.15, 0.2) is 38.5 Å². The highest BCUT2D eigenvalue weighted by atomic mass is 127. The minimum absolute atomic E-state index is 0. The molecule has 1 aliphatic heterocycles. The first-order valence-corrected chi connectivity index (χ1v) is 8.35. The molecule has 0 fully saturated rings. The Morgan fingerprint density at radius 2 is 2.16 bits per heavy atom. The largest absolute Gasteiger partial charge is 0.486 e. The van der Waals surface area contributed by atoms with Gasteiger partial charge in [0.15, 0.2) is 17.5 Å². The molecule has 0 saturated carbocycles. The number of nitrogens with one attached hydrogen (secondary N) is 1. The van der Waals surface area contributed by atoms with E-state index in [-0.39, 0.29) is 24.0 Å². The molecule has 1 aromatic carbocycles. The molecule has 2 aromatic rings. The van der Waals surface area contributed by atoms with Crippen LogP contribution < -0.4 is 14.8 Å². The summed E-state index contributed by atoms with van der Waals surface area (Å²) in [6.45, 7) is 2.37. The molecule has 9 heteroatoms. The lowest BCUT2D eigenvalue weighted by atomic mass is 10.2. The molecular formula is C16H20BrIN4O3. The van der Waals surface area contributed by atoms with Crippen LogP contribution in [0.5, 0.6) is 11.5 Å². The van der Waals surface area contributed by atoms with Crippen molar-refractivity contribution in [1.29, 1.82) is 0 Å². The summed E-state index contributed by atoms with van der Waals surface area (Å²) in [4.78, 5) is 6.28. The average molecular weight is 523 g/mol. The van der Waals surface area contributed by atoms with Crippen molar-refractivity contribution in [3.63, 3.8) is 0 Å². The summed E-state index contributed by atoms with van der Waals surface area (Å²) in [7, 11) is 3.70. The number of hydrogen-bond acceptors (Lipinski definition) is 5. The molecule has 0 radical (unpaired) electrons. The number of ether oxygens (including phenoxy) is 2. The lowest BCUT2D eigenvalue weighted by molar-refractivity contribution is 0.170. The van der Waals surface area contributed by atoms with E-state index in [1.165, 1.54) is 0 Å². The van der Waals surface area contributed by atoms with E-state index in [0.29, 0.717) is 26.3 Å². The first-order chi connectivity index (χ1) is 11.7. The van der Waals surface area contributed by atoms with Gasteiger partial charge in [0, 0.05) is 26.7 Å². The Bertz CT molecular complexity index is 724. The Morgan fingerprint density at radius 3 is 2.88 bits per heavy atom. The predicted octanol–water partition coefficient (Wildman–Crippen LogP) is 3.03. The summed E-state index contributed by atoms with van der Waals surface area (Å²) in [5.74, 6) is 2.29. The lowest BCUT2D eigenvalue weighted by Gasteiger charge is -2.23. The molecule has 0 amide bonds. The van der Waals surface area contributed by atoms with Gasteiger partial charge in [-0.05, 0) is 33.6 Å². The van der Waals surface area contributed by atoms with Gasteiger partial charge in [-0.25, -0.2) is 0 Å². The number of guanidine groups is 1. The zero-order chi connectivity index (χ0) is 16.9. The lowest BCUT2D eigenvalue weighted by Crippen LogP contribution is -2.38. The maximum Gasteiger partial charge on any atom is 0.194 e. The van der Waals surface area contributed by atoms with Crippen molar-refractivity contribution in [3.8, 4) is 11.5 Å². The zero-order valence-corrected chi connectivity index (χ0v) is 17.9. The fourth-order valence-electron chi connectivity index (χ4n) is 2.47. The number of benzene rings is 1. The van der Waals surface area contributed by atoms with Crippen LogP contribution in [0.3, 0.4) is 0 Å². The van der Waals surface area contributed by atoms with Crippen molar-refractivity contribution in [1.82, 2.24) is 15.4 Å². The number of aliphatic imine (C=N–C) groups is 1. The maximum absolute atomic E-state index is 5.65. The molecule has 0 saturated heterocycles. The first-order valence-electron chi connectivity index (χ1n) is 7.56. The molecule has 0 bridgehead atoms. The molecule has 1 N–H and O–H groups in total. The molecule has 0 atom stereocenters. The van der Waals surface area contributed by atoms with Crippen molar-refractivity contribution >= 4 is 45.9 Å². The number of aromatic nitrogens is 1. The van der Waals surface area contributed by atoms with Gasteiger partial charge in [0.25, 0.3) is 0 Å². The third kappa shape index (κ3) is 5.00. The van der Waals surface area contributed by atoms with E-state index in [9.17, 15) is 0 Å². The van der Waals surface area contributed by atoms with E-state index in [1.54, 1.807) is 13.3 Å². The van der Waals surface area contributed by atoms with Gasteiger partial charge in [0.2, 0.25) is 0 Å². The van der Waals surface area contributed by atoms with Crippen LogP contribution in [0, 0.1) is 0 Å². The molecule has 1 aliphatic rings. The highest BCUT2D eigenvalue weighted by Crippen LogP contribution is 2.38. The highest BCUT2D eigenvalue weighted by molar-refractivity contribution is 14.0. The van der Waals surface area contributed by atoms with E-state index in [2.05, 4.69) is 31.4 Å². The monoisotopic (exact) mass is 522 g/mol. The minimum atomic E-state index is 0. The summed E-state index contributed by atoms with van der Waals surface area (Å²) >= 11 is 3.53. The Balaban J connectivity index is 0.00000225. The Kier molecular flexibility index (Phi) is 7.36. The fourth-order valence-corrected chi connectivity index (χ4v) is 3.07. The van der Waals surface area contributed by atoms with Crippen molar-refractivity contribution in [2.24, 2.45) is 4.99 Å². The number of rotatable bonds is 4. The summed E-state index contributed by atoms with van der Waals surface area (Å²) in [5, 5.41) is 7.25. The van der Waals surface area contributed by atoms with Crippen LogP contribution in [-0.4, -0.2) is 43.3 Å². The minimum Gasteiger partial charge on any atom is -0.486 e. The van der Waals surface area contributed by atoms with Gasteiger partial charge in [-0.3, -0.25) is 4.99 Å². The SMILES string of the molecule is CN=C(NCc1cc(Br)c2c(c1)OCCO2)N(C)Cc1ccon1.I. The fraction of sp³-hybridized carbons (Fsp3) is 0.375. The number of halogens is 2. The molecule has 0 aliphatic carbocycles. The van der Waals surface area contributed by atoms with Crippen LogP contribution in [0.25, 0.3) is 0 Å². The standard InChI is InChI=1S/C16H19BrN4O3.HI/c1-18-16(21(2)10-12-3-4-24-20-12)19-9-11-7-13(17)15-14(8-11)22-5-6-23-15;/h3-4,7-8H,5-6,9-10H2,1-2H3,(H,18,19);1H. The molecule has 2 heterocycles. The number of hydrogen-bond donors (Lipinski definition) is 1. The normalized spacial score (nSPS) is 13.2. The second kappa shape index (κ2) is 9.27. The third-order valence-electron chi connectivity index (χ3n) is 3.57. The van der Waals surface area contributed by atoms with Crippen molar-refractivity contribution in [3.05, 3.63) is 40.2 Å². The Hall–Kier alpha value is -1.49. The molecule has 0 unspecified atom stereocenters. The number of nitrogens with zero attached hydrogens (tertiary/aromatic N) is 3. The van der Waals surface area contributed by atoms with Crippen LogP contribution in [0.4, 0.5) is 0 Å². The van der Waals surface area contributed by atoms with E-state index >= 15 is 0 Å². The van der Waals surface area contributed by atoms with Crippen LogP contribution in [0.2, 0.25) is 0 Å². The van der Waals surface area contributed by atoms with Gasteiger partial charge < -0.3 is 24.2 Å². The summed E-state index contributed by atoms with van der Waals surface area (Å²) in [6, 6.07) is 5.84. The van der Waals surface area contributed by atoms with Crippen molar-refractivity contribution < 1.29 is 14.0 Å². The van der Waals surface area contributed by atoms with Crippen molar-refractivity contribution in [2.45, 2.75) is 13.1 Å². The topological polar surface area (TPSA) is 72.1 Å². The molecule has 3 rings (SSSR count). The molecule has 25 heavy (non-hydrogen) atoms. The quantitative estimate of drug-likeness (QED) is 0.378. The third-order valence-corrected chi connectivity index (χ3v) is 4.16. The van der Waals surface area contributed by atoms with Gasteiger partial charge in [0.05, 0.1) is 11.0 Å². The predicted molar refractivity (Wildman–Crippen MR) is 109 cm³/mol. The van der Waals surface area contributed by atoms with E-state index < -0.39 is 0 Å². The maximum atomic E-state index is 5.65. The Morgan fingerprint density at radius 1 is 1.36 bits per heavy atom. The summed E-state index contributed by atoms with van der Waals surface area (Å²) < 4.78 is 17.0. The van der Waals surface area contributed by atoms with Gasteiger partial charge in [-0.15, -0.1) is 24.0 Å². The van der Waals surface area contributed by atoms with E-state index in [1.807, 2.05) is 30.1 Å². The summed E-state index contributed by atoms with van der Waals surface area (Å²) in [5.41, 5.74) is 1.92. The van der Waals surface area contributed by atoms with E-state index in [4.69, 9.17) is 14.0 Å². The van der Waals surface area contributed by atoms with Gasteiger partial charge in [-0.2, -0.15) is 0 Å². The van der Waals surface area contributed by atoms with Crippen LogP contribution in [0.1, 0.15) is 11.3 Å². The summed E-state index contributed by atoms with van der Waals surface area (Å²) in [6.07, 6.45) is 1.56. The zero-order valence-electron chi connectivity index (χ0n) is 14.0. The average Bonchev–Trinajstić information content (AvgIpc) is 3.08. The molecule has 136 valence electrons. The highest BCUT2D eigenvalue weighted by Gasteiger charge is 2.16. The molecule has 7 nitrogen and oxygen atoms in total. The molecule has 1 aromatic heterocycles. The van der Waals surface area contributed by atoms with Gasteiger partial charge in [-0.1, -0.05) is 5.16 Å². The molecule has 0 spiro atoms. The smallest absolute Gasteiger partial charge is 0.194 e. The second-order valence-electron chi connectivity index (χ2n) is 5.35. The second-order valence-corrected chi connectivity index (χ2v) is 6.20. The van der Waals surface area contributed by atoms with Crippen LogP contribution >= 0.6 is 39.9 Å². The van der Waals surface area contributed by atoms with Crippen LogP contribution in [-0.2, 0) is 13.1 Å². The van der Waals surface area contributed by atoms with Gasteiger partial charge in [0.1, 0.15) is 25.2 Å². The first kappa shape index (κ1) is 19.8. The van der Waals surface area contributed by atoms with E-state index in [0.717, 1.165) is 33.2 Å². The molecular weight excluding hydrogens is 503 g/mol. The van der Waals surface area contributed by atoms with Crippen molar-refractivity contribution in [2.75, 3.05) is 27.3 Å². The number of fused-ring (bicyclic) bond motifs is 1. The Labute approximate surface area is 171 Å².